The first-order chi connectivity index (χ1) is 15.7. The number of ether oxygens (including phenoxy) is 5. The molecule has 0 saturated carbocycles. The number of cyclic esters (lactones) is 1. The van der Waals surface area contributed by atoms with Gasteiger partial charge in [0.2, 0.25) is 5.79 Å². The number of likely N-dealkylation sites (N-methyl/N-ethyl adjacent to an activating group) is 1. The van der Waals surface area contributed by atoms with Crippen molar-refractivity contribution in [2.24, 2.45) is 5.92 Å². The average Bonchev–Trinajstić information content (AvgIpc) is 3.53. The molecule has 0 amide bonds. The van der Waals surface area contributed by atoms with Crippen LogP contribution < -0.4 is 10.1 Å². The molecule has 0 aromatic heterocycles. The smallest absolute Gasteiger partial charge is 0.337 e. The van der Waals surface area contributed by atoms with Crippen LogP contribution in [0.25, 0.3) is 0 Å². The van der Waals surface area contributed by atoms with Gasteiger partial charge in [0.25, 0.3) is 0 Å². The Morgan fingerprint density at radius 2 is 1.91 bits per heavy atom. The Morgan fingerprint density at radius 3 is 2.55 bits per heavy atom. The van der Waals surface area contributed by atoms with E-state index in [2.05, 4.69) is 12.2 Å². The molecule has 1 fully saturated rings. The monoisotopic (exact) mass is 461 g/mol. The van der Waals surface area contributed by atoms with E-state index in [9.17, 15) is 9.59 Å². The van der Waals surface area contributed by atoms with Crippen LogP contribution in [0.4, 0.5) is 0 Å². The van der Waals surface area contributed by atoms with E-state index in [1.54, 1.807) is 20.9 Å². The number of carbonyl (C=O) groups is 2. The molecule has 8 nitrogen and oxygen atoms in total. The lowest BCUT2D eigenvalue weighted by Gasteiger charge is -2.32. The molecule has 0 radical (unpaired) electrons. The van der Waals surface area contributed by atoms with E-state index < -0.39 is 5.79 Å². The van der Waals surface area contributed by atoms with Crippen molar-refractivity contribution in [1.82, 2.24) is 5.32 Å². The number of hydrogen-bond acceptors (Lipinski definition) is 8. The zero-order valence-corrected chi connectivity index (χ0v) is 20.1. The molecule has 0 spiro atoms. The van der Waals surface area contributed by atoms with Gasteiger partial charge in [-0.25, -0.2) is 4.79 Å². The Kier molecular flexibility index (Phi) is 8.37. The van der Waals surface area contributed by atoms with Crippen molar-refractivity contribution >= 4 is 11.9 Å². The fourth-order valence-corrected chi connectivity index (χ4v) is 3.89. The van der Waals surface area contributed by atoms with Crippen LogP contribution in [0.1, 0.15) is 45.6 Å². The lowest BCUT2D eigenvalue weighted by Crippen LogP contribution is -2.36. The molecule has 2 heterocycles. The van der Waals surface area contributed by atoms with Gasteiger partial charge < -0.3 is 29.0 Å². The van der Waals surface area contributed by atoms with Gasteiger partial charge in [0.05, 0.1) is 19.3 Å². The molecule has 1 N–H and O–H groups in total. The van der Waals surface area contributed by atoms with Crippen molar-refractivity contribution in [2.45, 2.75) is 70.5 Å². The molecule has 4 atom stereocenters. The van der Waals surface area contributed by atoms with Gasteiger partial charge in [-0.05, 0) is 44.0 Å². The van der Waals surface area contributed by atoms with Gasteiger partial charge in [0.15, 0.2) is 0 Å². The van der Waals surface area contributed by atoms with E-state index in [0.717, 1.165) is 30.6 Å². The lowest BCUT2D eigenvalue weighted by molar-refractivity contribution is -0.208. The van der Waals surface area contributed by atoms with Crippen molar-refractivity contribution < 1.29 is 33.3 Å². The fourth-order valence-electron chi connectivity index (χ4n) is 3.89. The highest BCUT2D eigenvalue weighted by atomic mass is 16.7. The number of hydrogen-bond donors (Lipinski definition) is 1. The van der Waals surface area contributed by atoms with Crippen molar-refractivity contribution in [1.29, 1.82) is 0 Å². The molecule has 1 saturated heterocycles. The number of nitrogens with one attached hydrogen (secondary N) is 1. The van der Waals surface area contributed by atoms with Gasteiger partial charge in [-0.15, -0.1) is 0 Å². The summed E-state index contributed by atoms with van der Waals surface area (Å²) in [4.78, 5) is 23.4. The third kappa shape index (κ3) is 7.47. The van der Waals surface area contributed by atoms with E-state index in [1.807, 2.05) is 24.3 Å². The second kappa shape index (κ2) is 11.0. The van der Waals surface area contributed by atoms with Crippen LogP contribution in [0.5, 0.6) is 5.75 Å². The number of allylic oxidation sites excluding steroid dienone is 1. The molecule has 33 heavy (non-hydrogen) atoms. The molecular weight excluding hydrogens is 426 g/mol. The lowest BCUT2D eigenvalue weighted by atomic mass is 9.99. The van der Waals surface area contributed by atoms with Gasteiger partial charge in [0, 0.05) is 19.8 Å². The Balaban J connectivity index is 1.34. The topological polar surface area (TPSA) is 95.6 Å². The predicted octanol–water partition coefficient (Wildman–Crippen LogP) is 3.14. The minimum absolute atomic E-state index is 0.104. The number of rotatable bonds is 12. The van der Waals surface area contributed by atoms with Crippen LogP contribution in [0, 0.1) is 5.92 Å². The standard InChI is InChI=1S/C25H35NO7/c1-16(21-14-23(27)33-25(2,3)32-21)7-6-8-20-22(31-20)15-30-18-11-9-17(10-12-18)13-19(26-4)24(28)29-5/h9-12,14,16,19-20,22,26H,6-8,13,15H2,1-5H3/t16-,19+,20+,22+/m1/s1. The van der Waals surface area contributed by atoms with Crippen LogP contribution in [0.3, 0.4) is 0 Å². The van der Waals surface area contributed by atoms with Gasteiger partial charge in [-0.3, -0.25) is 4.79 Å². The number of methoxy groups -OCH3 is 1. The minimum Gasteiger partial charge on any atom is -0.491 e. The Labute approximate surface area is 195 Å². The molecule has 182 valence electrons. The first-order valence-electron chi connectivity index (χ1n) is 11.5. The van der Waals surface area contributed by atoms with Crippen molar-refractivity contribution in [3.8, 4) is 5.75 Å². The molecule has 0 bridgehead atoms. The largest absolute Gasteiger partial charge is 0.491 e. The molecule has 2 aliphatic heterocycles. The van der Waals surface area contributed by atoms with Crippen molar-refractivity contribution in [3.63, 3.8) is 0 Å². The quantitative estimate of drug-likeness (QED) is 0.375. The Morgan fingerprint density at radius 1 is 1.18 bits per heavy atom. The summed E-state index contributed by atoms with van der Waals surface area (Å²) in [6, 6.07) is 7.35. The minimum atomic E-state index is -0.911. The fraction of sp³-hybridized carbons (Fsp3) is 0.600. The van der Waals surface area contributed by atoms with Gasteiger partial charge in [0.1, 0.15) is 30.3 Å². The van der Waals surface area contributed by atoms with Crippen molar-refractivity contribution in [2.75, 3.05) is 20.8 Å². The van der Waals surface area contributed by atoms with Crippen LogP contribution in [0.15, 0.2) is 36.1 Å². The third-order valence-corrected chi connectivity index (χ3v) is 5.88. The van der Waals surface area contributed by atoms with Crippen LogP contribution in [-0.2, 0) is 35.0 Å². The summed E-state index contributed by atoms with van der Waals surface area (Å²) in [5.74, 6) is 0.0601. The summed E-state index contributed by atoms with van der Waals surface area (Å²) in [6.07, 6.45) is 5.12. The molecule has 8 heteroatoms. The molecule has 0 unspecified atom stereocenters. The highest BCUT2D eigenvalue weighted by molar-refractivity contribution is 5.83. The molecule has 1 aromatic carbocycles. The maximum Gasteiger partial charge on any atom is 0.337 e. The predicted molar refractivity (Wildman–Crippen MR) is 122 cm³/mol. The number of esters is 2. The Bertz CT molecular complexity index is 849. The first kappa shape index (κ1) is 25.1. The molecular formula is C25H35NO7. The van der Waals surface area contributed by atoms with Gasteiger partial charge in [-0.1, -0.05) is 25.5 Å². The summed E-state index contributed by atoms with van der Waals surface area (Å²) < 4.78 is 27.3. The van der Waals surface area contributed by atoms with E-state index in [0.29, 0.717) is 18.8 Å². The van der Waals surface area contributed by atoms with E-state index in [4.69, 9.17) is 23.7 Å². The van der Waals surface area contributed by atoms with Gasteiger partial charge in [-0.2, -0.15) is 0 Å². The van der Waals surface area contributed by atoms with E-state index in [1.165, 1.54) is 13.2 Å². The number of carbonyl (C=O) groups excluding carboxylic acids is 2. The maximum absolute atomic E-state index is 11.7. The molecule has 3 rings (SSSR count). The highest BCUT2D eigenvalue weighted by Crippen LogP contribution is 2.32. The third-order valence-electron chi connectivity index (χ3n) is 5.88. The summed E-state index contributed by atoms with van der Waals surface area (Å²) in [7, 11) is 3.13. The van der Waals surface area contributed by atoms with Crippen molar-refractivity contribution in [3.05, 3.63) is 41.7 Å². The molecule has 0 aliphatic carbocycles. The first-order valence-corrected chi connectivity index (χ1v) is 11.5. The van der Waals surface area contributed by atoms with Crippen LogP contribution in [0.2, 0.25) is 0 Å². The summed E-state index contributed by atoms with van der Waals surface area (Å²) in [5.41, 5.74) is 1.02. The zero-order valence-electron chi connectivity index (χ0n) is 20.1. The van der Waals surface area contributed by atoms with Gasteiger partial charge >= 0.3 is 11.9 Å². The SMILES string of the molecule is CN[C@@H](Cc1ccc(OC[C@@H]2O[C@H]2CCC[C@@H](C)C2=CC(=O)OC(C)(C)O2)cc1)C(=O)OC. The second-order valence-electron chi connectivity index (χ2n) is 9.04. The molecule has 1 aromatic rings. The number of epoxide rings is 1. The number of benzene rings is 1. The van der Waals surface area contributed by atoms with E-state index in [-0.39, 0.29) is 36.1 Å². The maximum atomic E-state index is 11.7. The summed E-state index contributed by atoms with van der Waals surface area (Å²) >= 11 is 0. The summed E-state index contributed by atoms with van der Waals surface area (Å²) in [6.45, 7) is 6.04. The van der Waals surface area contributed by atoms with Crippen LogP contribution >= 0.6 is 0 Å². The summed E-state index contributed by atoms with van der Waals surface area (Å²) in [5, 5.41) is 2.96. The Hall–Kier alpha value is -2.58. The normalized spacial score (nSPS) is 22.9. The highest BCUT2D eigenvalue weighted by Gasteiger charge is 2.39. The zero-order chi connectivity index (χ0) is 24.0. The second-order valence-corrected chi connectivity index (χ2v) is 9.04. The molecule has 2 aliphatic rings. The van der Waals surface area contributed by atoms with E-state index >= 15 is 0 Å². The van der Waals surface area contributed by atoms with Crippen LogP contribution in [-0.4, -0.2) is 56.7 Å². The average molecular weight is 462 g/mol.